The lowest BCUT2D eigenvalue weighted by molar-refractivity contribution is -0.136. The molecule has 2 aromatic heterocycles. The van der Waals surface area contributed by atoms with Gasteiger partial charge in [-0.2, -0.15) is 5.10 Å². The number of nitrogens with one attached hydrogen (secondary N) is 3. The summed E-state index contributed by atoms with van der Waals surface area (Å²) >= 11 is 0. The largest absolute Gasteiger partial charge is 0.387 e. The van der Waals surface area contributed by atoms with E-state index >= 15 is 0 Å². The second-order valence-corrected chi connectivity index (χ2v) is 5.97. The first-order valence-electron chi connectivity index (χ1n) is 8.10. The van der Waals surface area contributed by atoms with Crippen LogP contribution in [0.4, 0.5) is 5.82 Å². The van der Waals surface area contributed by atoms with Crippen LogP contribution in [0.1, 0.15) is 22.9 Å². The topological polar surface area (TPSA) is 120 Å². The molecule has 8 heteroatoms. The number of pyridine rings is 1. The summed E-state index contributed by atoms with van der Waals surface area (Å²) < 4.78 is 0. The summed E-state index contributed by atoms with van der Waals surface area (Å²) in [4.78, 5) is 28.4. The minimum atomic E-state index is -0.895. The molecule has 8 nitrogen and oxygen atoms in total. The molecule has 3 rings (SSSR count). The molecule has 0 aliphatic heterocycles. The van der Waals surface area contributed by atoms with Crippen molar-refractivity contribution in [2.24, 2.45) is 0 Å². The molecule has 0 aliphatic carbocycles. The Morgan fingerprint density at radius 1 is 1.19 bits per heavy atom. The van der Waals surface area contributed by atoms with Crippen molar-refractivity contribution >= 4 is 28.7 Å². The van der Waals surface area contributed by atoms with E-state index in [0.29, 0.717) is 16.6 Å². The highest BCUT2D eigenvalue weighted by Gasteiger charge is 2.19. The van der Waals surface area contributed by atoms with Crippen molar-refractivity contribution in [1.82, 2.24) is 20.5 Å². The van der Waals surface area contributed by atoms with Gasteiger partial charge < -0.3 is 15.7 Å². The van der Waals surface area contributed by atoms with Gasteiger partial charge in [0.25, 0.3) is 0 Å². The standard InChI is InChI=1S/C18H19N5O3/c1-10-8-11(2)20-15-14(10)16(23-22-15)21-18(26)17(25)19-9-13(24)12-6-4-3-5-7-12/h3-8,13,24H,9H2,1-2H3,(H,19,25)(H2,20,21,22,23,26)/t13-/m1/s1. The number of amides is 2. The molecule has 0 bridgehead atoms. The maximum atomic E-state index is 12.1. The van der Waals surface area contributed by atoms with Crippen molar-refractivity contribution in [3.63, 3.8) is 0 Å². The quantitative estimate of drug-likeness (QED) is 0.528. The molecular formula is C18H19N5O3. The Kier molecular flexibility index (Phi) is 4.94. The Morgan fingerprint density at radius 3 is 2.65 bits per heavy atom. The van der Waals surface area contributed by atoms with E-state index in [-0.39, 0.29) is 12.4 Å². The van der Waals surface area contributed by atoms with Crippen LogP contribution >= 0.6 is 0 Å². The summed E-state index contributed by atoms with van der Waals surface area (Å²) in [5.74, 6) is -1.47. The van der Waals surface area contributed by atoms with Crippen molar-refractivity contribution in [3.05, 3.63) is 53.2 Å². The molecule has 134 valence electrons. The Bertz CT molecular complexity index is 952. The number of aryl methyl sites for hydroxylation is 2. The van der Waals surface area contributed by atoms with E-state index < -0.39 is 17.9 Å². The van der Waals surface area contributed by atoms with Gasteiger partial charge in [0.2, 0.25) is 0 Å². The molecule has 3 aromatic rings. The van der Waals surface area contributed by atoms with E-state index in [1.165, 1.54) is 0 Å². The minimum absolute atomic E-state index is 0.0721. The van der Waals surface area contributed by atoms with Crippen molar-refractivity contribution in [3.8, 4) is 0 Å². The zero-order valence-corrected chi connectivity index (χ0v) is 14.4. The van der Waals surface area contributed by atoms with Gasteiger partial charge in [-0.3, -0.25) is 14.7 Å². The van der Waals surface area contributed by atoms with Crippen LogP contribution in [0.3, 0.4) is 0 Å². The van der Waals surface area contributed by atoms with Gasteiger partial charge in [0.1, 0.15) is 0 Å². The first kappa shape index (κ1) is 17.6. The summed E-state index contributed by atoms with van der Waals surface area (Å²) in [5, 5.41) is 22.3. The smallest absolute Gasteiger partial charge is 0.314 e. The lowest BCUT2D eigenvalue weighted by Crippen LogP contribution is -2.37. The van der Waals surface area contributed by atoms with E-state index in [1.807, 2.05) is 26.0 Å². The molecule has 0 fully saturated rings. The van der Waals surface area contributed by atoms with E-state index in [0.717, 1.165) is 11.3 Å². The predicted molar refractivity (Wildman–Crippen MR) is 96.4 cm³/mol. The number of carbonyl (C=O) groups excluding carboxylic acids is 2. The number of aromatic amines is 1. The molecule has 0 unspecified atom stereocenters. The molecule has 2 heterocycles. The highest BCUT2D eigenvalue weighted by Crippen LogP contribution is 2.23. The number of H-pyrrole nitrogens is 1. The van der Waals surface area contributed by atoms with Crippen LogP contribution in [0.2, 0.25) is 0 Å². The second-order valence-electron chi connectivity index (χ2n) is 5.97. The number of aliphatic hydroxyl groups excluding tert-OH is 1. The van der Waals surface area contributed by atoms with Crippen LogP contribution in [-0.4, -0.2) is 38.6 Å². The molecule has 0 saturated carbocycles. The minimum Gasteiger partial charge on any atom is -0.387 e. The molecule has 0 spiro atoms. The third-order valence-corrected chi connectivity index (χ3v) is 3.93. The molecular weight excluding hydrogens is 334 g/mol. The highest BCUT2D eigenvalue weighted by atomic mass is 16.3. The number of anilines is 1. The third-order valence-electron chi connectivity index (χ3n) is 3.93. The average molecular weight is 353 g/mol. The second kappa shape index (κ2) is 7.32. The first-order chi connectivity index (χ1) is 12.5. The molecule has 1 atom stereocenters. The summed E-state index contributed by atoms with van der Waals surface area (Å²) in [7, 11) is 0. The molecule has 0 radical (unpaired) electrons. The molecule has 0 saturated heterocycles. The van der Waals surface area contributed by atoms with Gasteiger partial charge in [-0.05, 0) is 31.0 Å². The molecule has 26 heavy (non-hydrogen) atoms. The Hall–Kier alpha value is -3.26. The van der Waals surface area contributed by atoms with Crippen molar-refractivity contribution in [1.29, 1.82) is 0 Å². The first-order valence-corrected chi connectivity index (χ1v) is 8.10. The molecule has 1 aromatic carbocycles. The predicted octanol–water partition coefficient (Wildman–Crippen LogP) is 1.36. The number of hydrogen-bond acceptors (Lipinski definition) is 5. The van der Waals surface area contributed by atoms with Crippen LogP contribution in [0.15, 0.2) is 36.4 Å². The van der Waals surface area contributed by atoms with Gasteiger partial charge in [-0.15, -0.1) is 0 Å². The van der Waals surface area contributed by atoms with Gasteiger partial charge >= 0.3 is 11.8 Å². The van der Waals surface area contributed by atoms with Gasteiger partial charge in [0.15, 0.2) is 11.5 Å². The number of fused-ring (bicyclic) bond motifs is 1. The van der Waals surface area contributed by atoms with E-state index in [1.54, 1.807) is 24.3 Å². The van der Waals surface area contributed by atoms with Gasteiger partial charge in [-0.25, -0.2) is 4.98 Å². The van der Waals surface area contributed by atoms with E-state index in [2.05, 4.69) is 25.8 Å². The van der Waals surface area contributed by atoms with Crippen LogP contribution in [0.5, 0.6) is 0 Å². The number of carbonyl (C=O) groups is 2. The van der Waals surface area contributed by atoms with Crippen LogP contribution < -0.4 is 10.6 Å². The van der Waals surface area contributed by atoms with Crippen LogP contribution in [-0.2, 0) is 9.59 Å². The fourth-order valence-electron chi connectivity index (χ4n) is 2.70. The van der Waals surface area contributed by atoms with E-state index in [4.69, 9.17) is 0 Å². The van der Waals surface area contributed by atoms with Crippen LogP contribution in [0, 0.1) is 13.8 Å². The summed E-state index contributed by atoms with van der Waals surface area (Å²) in [6, 6.07) is 10.7. The maximum absolute atomic E-state index is 12.1. The monoisotopic (exact) mass is 353 g/mol. The SMILES string of the molecule is Cc1cc(C)c2c(NC(=O)C(=O)NC[C@@H](O)c3ccccc3)n[nH]c2n1. The maximum Gasteiger partial charge on any atom is 0.314 e. The summed E-state index contributed by atoms with van der Waals surface area (Å²) in [6.45, 7) is 3.66. The lowest BCUT2D eigenvalue weighted by atomic mass is 10.1. The van der Waals surface area contributed by atoms with Crippen molar-refractivity contribution in [2.45, 2.75) is 20.0 Å². The Morgan fingerprint density at radius 2 is 1.92 bits per heavy atom. The molecule has 2 amide bonds. The molecule has 0 aliphatic rings. The molecule has 4 N–H and O–H groups in total. The van der Waals surface area contributed by atoms with Gasteiger partial charge in [0, 0.05) is 12.2 Å². The number of nitrogens with zero attached hydrogens (tertiary/aromatic N) is 2. The third kappa shape index (κ3) is 3.70. The Balaban J connectivity index is 1.64. The zero-order valence-electron chi connectivity index (χ0n) is 14.4. The zero-order chi connectivity index (χ0) is 18.7. The van der Waals surface area contributed by atoms with Crippen molar-refractivity contribution < 1.29 is 14.7 Å². The average Bonchev–Trinajstić information content (AvgIpc) is 3.02. The summed E-state index contributed by atoms with van der Waals surface area (Å²) in [6.07, 6.45) is -0.895. The number of hydrogen-bond donors (Lipinski definition) is 4. The van der Waals surface area contributed by atoms with Crippen molar-refractivity contribution in [2.75, 3.05) is 11.9 Å². The number of aliphatic hydroxyl groups is 1. The van der Waals surface area contributed by atoms with Crippen LogP contribution in [0.25, 0.3) is 11.0 Å². The fourth-order valence-corrected chi connectivity index (χ4v) is 2.70. The Labute approximate surface area is 149 Å². The highest BCUT2D eigenvalue weighted by molar-refractivity contribution is 6.40. The number of rotatable bonds is 4. The van der Waals surface area contributed by atoms with Gasteiger partial charge in [-0.1, -0.05) is 30.3 Å². The van der Waals surface area contributed by atoms with E-state index in [9.17, 15) is 14.7 Å². The van der Waals surface area contributed by atoms with Gasteiger partial charge in [0.05, 0.1) is 11.5 Å². The fraction of sp³-hybridized carbons (Fsp3) is 0.222. The number of benzene rings is 1. The summed E-state index contributed by atoms with van der Waals surface area (Å²) in [5.41, 5.74) is 2.90. The number of aromatic nitrogens is 3. The lowest BCUT2D eigenvalue weighted by Gasteiger charge is -2.11. The normalized spacial score (nSPS) is 12.0.